The van der Waals surface area contributed by atoms with E-state index in [9.17, 15) is 4.79 Å². The van der Waals surface area contributed by atoms with E-state index < -0.39 is 0 Å². The number of rotatable bonds is 8. The van der Waals surface area contributed by atoms with Crippen molar-refractivity contribution in [2.24, 2.45) is 0 Å². The van der Waals surface area contributed by atoms with E-state index in [1.165, 1.54) is 0 Å². The number of aldehydes is 1. The minimum absolute atomic E-state index is 0.260. The largest absolute Gasteiger partial charge is 0.377 e. The Morgan fingerprint density at radius 1 is 1.36 bits per heavy atom. The standard InChI is InChI=1S/C10H22N2O2/c1-9(2)12(6-7-13)11-5-8-14-10(3)4/h7,9-11H,5-6,8H2,1-4H3. The van der Waals surface area contributed by atoms with Gasteiger partial charge in [-0.2, -0.15) is 0 Å². The second-order valence-electron chi connectivity index (χ2n) is 3.74. The molecule has 0 saturated carbocycles. The predicted molar refractivity (Wildman–Crippen MR) is 57.0 cm³/mol. The Hall–Kier alpha value is -0.450. The lowest BCUT2D eigenvalue weighted by Gasteiger charge is -2.25. The van der Waals surface area contributed by atoms with Crippen molar-refractivity contribution in [3.05, 3.63) is 0 Å². The quantitative estimate of drug-likeness (QED) is 0.359. The van der Waals surface area contributed by atoms with Gasteiger partial charge in [-0.1, -0.05) is 0 Å². The second kappa shape index (κ2) is 7.91. The first-order valence-electron chi connectivity index (χ1n) is 5.13. The minimum atomic E-state index is 0.260. The molecule has 0 amide bonds. The average molecular weight is 202 g/mol. The predicted octanol–water partition coefficient (Wildman–Crippen LogP) is 0.825. The zero-order valence-corrected chi connectivity index (χ0v) is 9.62. The molecule has 1 N–H and O–H groups in total. The molecule has 14 heavy (non-hydrogen) atoms. The van der Waals surface area contributed by atoms with E-state index in [0.29, 0.717) is 19.2 Å². The molecular weight excluding hydrogens is 180 g/mol. The second-order valence-corrected chi connectivity index (χ2v) is 3.74. The molecule has 0 fully saturated rings. The van der Waals surface area contributed by atoms with Crippen LogP contribution in [-0.2, 0) is 9.53 Å². The van der Waals surface area contributed by atoms with Gasteiger partial charge in [0, 0.05) is 12.6 Å². The van der Waals surface area contributed by atoms with Gasteiger partial charge >= 0.3 is 0 Å². The third-order valence-corrected chi connectivity index (χ3v) is 1.76. The van der Waals surface area contributed by atoms with Gasteiger partial charge in [0.2, 0.25) is 0 Å². The van der Waals surface area contributed by atoms with E-state index in [0.717, 1.165) is 12.8 Å². The topological polar surface area (TPSA) is 41.6 Å². The Labute approximate surface area is 86.6 Å². The number of nitrogens with zero attached hydrogens (tertiary/aromatic N) is 1. The molecule has 0 radical (unpaired) electrons. The molecule has 0 unspecified atom stereocenters. The molecule has 0 saturated heterocycles. The van der Waals surface area contributed by atoms with Crippen LogP contribution in [-0.4, -0.2) is 43.1 Å². The molecule has 0 bridgehead atoms. The molecular formula is C10H22N2O2. The molecule has 0 aromatic heterocycles. The van der Waals surface area contributed by atoms with Crippen LogP contribution in [0.5, 0.6) is 0 Å². The van der Waals surface area contributed by atoms with E-state index in [2.05, 4.69) is 5.43 Å². The summed E-state index contributed by atoms with van der Waals surface area (Å²) in [7, 11) is 0. The number of hydrogen-bond acceptors (Lipinski definition) is 4. The summed E-state index contributed by atoms with van der Waals surface area (Å²) >= 11 is 0. The number of carbonyl (C=O) groups is 1. The molecule has 4 heteroatoms. The number of hydrazine groups is 1. The molecule has 0 atom stereocenters. The molecule has 4 nitrogen and oxygen atoms in total. The molecule has 0 rings (SSSR count). The lowest BCUT2D eigenvalue weighted by atomic mass is 10.4. The fourth-order valence-electron chi connectivity index (χ4n) is 1.02. The summed E-state index contributed by atoms with van der Waals surface area (Å²) < 4.78 is 5.37. The summed E-state index contributed by atoms with van der Waals surface area (Å²) in [6.07, 6.45) is 1.16. The summed E-state index contributed by atoms with van der Waals surface area (Å²) in [6.45, 7) is 9.92. The molecule has 0 aliphatic rings. The van der Waals surface area contributed by atoms with E-state index >= 15 is 0 Å². The Bertz CT molecular complexity index is 149. The zero-order valence-electron chi connectivity index (χ0n) is 9.62. The smallest absolute Gasteiger partial charge is 0.135 e. The van der Waals surface area contributed by atoms with Gasteiger partial charge in [-0.25, -0.2) is 5.01 Å². The Morgan fingerprint density at radius 3 is 2.43 bits per heavy atom. The highest BCUT2D eigenvalue weighted by Gasteiger charge is 2.06. The number of hydrogen-bond donors (Lipinski definition) is 1. The first-order valence-corrected chi connectivity index (χ1v) is 5.13. The number of ether oxygens (including phenoxy) is 1. The Morgan fingerprint density at radius 2 is 2.00 bits per heavy atom. The molecule has 0 aromatic rings. The maximum absolute atomic E-state index is 10.3. The minimum Gasteiger partial charge on any atom is -0.377 e. The van der Waals surface area contributed by atoms with Crippen LogP contribution in [0, 0.1) is 0 Å². The van der Waals surface area contributed by atoms with Crippen LogP contribution in [0.2, 0.25) is 0 Å². The fraction of sp³-hybridized carbons (Fsp3) is 0.900. The van der Waals surface area contributed by atoms with Crippen molar-refractivity contribution in [3.63, 3.8) is 0 Å². The van der Waals surface area contributed by atoms with Crippen molar-refractivity contribution >= 4 is 6.29 Å². The first-order chi connectivity index (χ1) is 6.57. The van der Waals surface area contributed by atoms with Crippen molar-refractivity contribution < 1.29 is 9.53 Å². The lowest BCUT2D eigenvalue weighted by molar-refractivity contribution is -0.110. The Balaban J connectivity index is 3.55. The van der Waals surface area contributed by atoms with Gasteiger partial charge in [0.05, 0.1) is 19.3 Å². The van der Waals surface area contributed by atoms with E-state index in [1.807, 2.05) is 32.7 Å². The SMILES string of the molecule is CC(C)OCCNN(CC=O)C(C)C. The summed E-state index contributed by atoms with van der Waals surface area (Å²) in [5.41, 5.74) is 3.15. The van der Waals surface area contributed by atoms with Gasteiger partial charge in [0.25, 0.3) is 0 Å². The zero-order chi connectivity index (χ0) is 11.0. The maximum Gasteiger partial charge on any atom is 0.135 e. The van der Waals surface area contributed by atoms with Crippen LogP contribution in [0.25, 0.3) is 0 Å². The molecule has 0 aliphatic heterocycles. The summed E-state index contributed by atoms with van der Waals surface area (Å²) in [4.78, 5) is 10.3. The number of nitrogens with one attached hydrogen (secondary N) is 1. The Kier molecular flexibility index (Phi) is 7.65. The van der Waals surface area contributed by atoms with Crippen molar-refractivity contribution in [1.82, 2.24) is 10.4 Å². The highest BCUT2D eigenvalue weighted by Crippen LogP contribution is 1.91. The third-order valence-electron chi connectivity index (χ3n) is 1.76. The van der Waals surface area contributed by atoms with Gasteiger partial charge in [-0.3, -0.25) is 5.43 Å². The summed E-state index contributed by atoms with van der Waals surface area (Å²) in [5, 5.41) is 1.90. The van der Waals surface area contributed by atoms with Crippen molar-refractivity contribution in [2.75, 3.05) is 19.7 Å². The summed E-state index contributed by atoms with van der Waals surface area (Å²) in [6, 6.07) is 0.319. The van der Waals surface area contributed by atoms with Crippen molar-refractivity contribution in [3.8, 4) is 0 Å². The fourth-order valence-corrected chi connectivity index (χ4v) is 1.02. The van der Waals surface area contributed by atoms with Crippen LogP contribution in [0.3, 0.4) is 0 Å². The summed E-state index contributed by atoms with van der Waals surface area (Å²) in [5.74, 6) is 0. The highest BCUT2D eigenvalue weighted by atomic mass is 16.5. The van der Waals surface area contributed by atoms with Crippen LogP contribution in [0.4, 0.5) is 0 Å². The van der Waals surface area contributed by atoms with Crippen molar-refractivity contribution in [1.29, 1.82) is 0 Å². The molecule has 0 spiro atoms. The van der Waals surface area contributed by atoms with E-state index in [1.54, 1.807) is 0 Å². The van der Waals surface area contributed by atoms with Gasteiger partial charge in [-0.15, -0.1) is 0 Å². The van der Waals surface area contributed by atoms with Crippen LogP contribution in [0.15, 0.2) is 0 Å². The van der Waals surface area contributed by atoms with Crippen LogP contribution < -0.4 is 5.43 Å². The maximum atomic E-state index is 10.3. The van der Waals surface area contributed by atoms with Gasteiger partial charge in [0.15, 0.2) is 0 Å². The van der Waals surface area contributed by atoms with Crippen LogP contribution in [0.1, 0.15) is 27.7 Å². The molecule has 0 heterocycles. The average Bonchev–Trinajstić information content (AvgIpc) is 2.09. The monoisotopic (exact) mass is 202 g/mol. The molecule has 0 aliphatic carbocycles. The number of carbonyl (C=O) groups excluding carboxylic acids is 1. The molecule has 0 aromatic carbocycles. The lowest BCUT2D eigenvalue weighted by Crippen LogP contribution is -2.45. The third kappa shape index (κ3) is 7.00. The van der Waals surface area contributed by atoms with Gasteiger partial charge in [0.1, 0.15) is 6.29 Å². The van der Waals surface area contributed by atoms with Gasteiger partial charge in [-0.05, 0) is 27.7 Å². The first kappa shape index (κ1) is 13.5. The van der Waals surface area contributed by atoms with Gasteiger partial charge < -0.3 is 9.53 Å². The van der Waals surface area contributed by atoms with E-state index in [-0.39, 0.29) is 6.10 Å². The van der Waals surface area contributed by atoms with Crippen LogP contribution >= 0.6 is 0 Å². The normalized spacial score (nSPS) is 11.6. The molecule has 84 valence electrons. The van der Waals surface area contributed by atoms with Crippen molar-refractivity contribution in [2.45, 2.75) is 39.8 Å². The highest BCUT2D eigenvalue weighted by molar-refractivity contribution is 5.51. The van der Waals surface area contributed by atoms with E-state index in [4.69, 9.17) is 4.74 Å².